The zero-order valence-corrected chi connectivity index (χ0v) is 9.99. The highest BCUT2D eigenvalue weighted by molar-refractivity contribution is 6.33. The molecule has 0 saturated heterocycles. The van der Waals surface area contributed by atoms with Crippen LogP contribution in [0.4, 0.5) is 5.82 Å². The average molecular weight is 257 g/mol. The number of halogens is 1. The molecule has 1 unspecified atom stereocenters. The molecule has 92 valence electrons. The second-order valence-electron chi connectivity index (χ2n) is 3.63. The first-order chi connectivity index (χ1) is 7.90. The molecule has 0 fully saturated rings. The molecule has 6 nitrogen and oxygen atoms in total. The maximum atomic E-state index is 11.8. The van der Waals surface area contributed by atoms with E-state index in [9.17, 15) is 9.59 Å². The van der Waals surface area contributed by atoms with Crippen molar-refractivity contribution in [3.8, 4) is 0 Å². The number of anilines is 1. The lowest BCUT2D eigenvalue weighted by molar-refractivity contribution is -0.118. The Balaban J connectivity index is 2.76. The Morgan fingerprint density at radius 2 is 2.24 bits per heavy atom. The van der Waals surface area contributed by atoms with E-state index in [2.05, 4.69) is 10.3 Å². The molecule has 1 heterocycles. The summed E-state index contributed by atoms with van der Waals surface area (Å²) in [5, 5.41) is 2.79. The van der Waals surface area contributed by atoms with Crippen molar-refractivity contribution >= 4 is 29.2 Å². The van der Waals surface area contributed by atoms with Crippen molar-refractivity contribution in [3.05, 3.63) is 22.8 Å². The van der Waals surface area contributed by atoms with Crippen LogP contribution in [0.15, 0.2) is 12.3 Å². The van der Waals surface area contributed by atoms with Crippen LogP contribution in [0.2, 0.25) is 5.02 Å². The quantitative estimate of drug-likeness (QED) is 0.720. The number of nitrogen functional groups attached to an aromatic ring is 1. The molecular weight excluding hydrogens is 244 g/mol. The summed E-state index contributed by atoms with van der Waals surface area (Å²) >= 11 is 5.81. The SMILES string of the molecule is CC(CC(N)=O)NC(=O)c1cc(N)ncc1Cl. The number of hydrogen-bond acceptors (Lipinski definition) is 4. The zero-order valence-electron chi connectivity index (χ0n) is 9.24. The van der Waals surface area contributed by atoms with Gasteiger partial charge in [-0.3, -0.25) is 9.59 Å². The van der Waals surface area contributed by atoms with Crippen molar-refractivity contribution in [2.24, 2.45) is 5.73 Å². The van der Waals surface area contributed by atoms with E-state index in [0.717, 1.165) is 0 Å². The number of pyridine rings is 1. The highest BCUT2D eigenvalue weighted by Gasteiger charge is 2.15. The number of nitrogens with zero attached hydrogens (tertiary/aromatic N) is 1. The molecule has 1 aromatic rings. The van der Waals surface area contributed by atoms with E-state index in [0.29, 0.717) is 0 Å². The summed E-state index contributed by atoms with van der Waals surface area (Å²) in [4.78, 5) is 26.2. The summed E-state index contributed by atoms with van der Waals surface area (Å²) in [5.74, 6) is -0.710. The van der Waals surface area contributed by atoms with Gasteiger partial charge in [-0.2, -0.15) is 0 Å². The molecule has 0 aromatic carbocycles. The van der Waals surface area contributed by atoms with Crippen LogP contribution in [-0.2, 0) is 4.79 Å². The van der Waals surface area contributed by atoms with Crippen LogP contribution < -0.4 is 16.8 Å². The van der Waals surface area contributed by atoms with Gasteiger partial charge < -0.3 is 16.8 Å². The maximum absolute atomic E-state index is 11.8. The minimum absolute atomic E-state index is 0.0594. The number of nitrogens with two attached hydrogens (primary N) is 2. The molecule has 0 radical (unpaired) electrons. The average Bonchev–Trinajstić information content (AvgIpc) is 2.20. The molecule has 1 rings (SSSR count). The first-order valence-electron chi connectivity index (χ1n) is 4.90. The Labute approximate surface area is 103 Å². The van der Waals surface area contributed by atoms with E-state index in [1.165, 1.54) is 12.3 Å². The van der Waals surface area contributed by atoms with Crippen LogP contribution in [0.3, 0.4) is 0 Å². The van der Waals surface area contributed by atoms with Crippen LogP contribution in [0.5, 0.6) is 0 Å². The van der Waals surface area contributed by atoms with Crippen LogP contribution in [-0.4, -0.2) is 22.8 Å². The molecule has 17 heavy (non-hydrogen) atoms. The van der Waals surface area contributed by atoms with Crippen LogP contribution >= 0.6 is 11.6 Å². The maximum Gasteiger partial charge on any atom is 0.253 e. The van der Waals surface area contributed by atoms with E-state index in [4.69, 9.17) is 23.1 Å². The lowest BCUT2D eigenvalue weighted by Gasteiger charge is -2.12. The van der Waals surface area contributed by atoms with Gasteiger partial charge in [0, 0.05) is 18.7 Å². The number of hydrogen-bond donors (Lipinski definition) is 3. The second-order valence-corrected chi connectivity index (χ2v) is 4.04. The lowest BCUT2D eigenvalue weighted by Crippen LogP contribution is -2.35. The normalized spacial score (nSPS) is 11.9. The van der Waals surface area contributed by atoms with Crippen LogP contribution in [0, 0.1) is 0 Å². The summed E-state index contributed by atoms with van der Waals surface area (Å²) in [6.07, 6.45) is 1.36. The van der Waals surface area contributed by atoms with E-state index >= 15 is 0 Å². The molecule has 2 amide bonds. The monoisotopic (exact) mass is 256 g/mol. The summed E-state index contributed by atoms with van der Waals surface area (Å²) in [7, 11) is 0. The fourth-order valence-corrected chi connectivity index (χ4v) is 1.47. The topological polar surface area (TPSA) is 111 Å². The van der Waals surface area contributed by atoms with Gasteiger partial charge in [-0.05, 0) is 13.0 Å². The molecular formula is C10H13ClN4O2. The van der Waals surface area contributed by atoms with Gasteiger partial charge in [0.15, 0.2) is 0 Å². The van der Waals surface area contributed by atoms with Gasteiger partial charge in [-0.1, -0.05) is 11.6 Å². The molecule has 0 saturated carbocycles. The van der Waals surface area contributed by atoms with Gasteiger partial charge in [-0.15, -0.1) is 0 Å². The Morgan fingerprint density at radius 3 is 2.82 bits per heavy atom. The Hall–Kier alpha value is -1.82. The molecule has 1 atom stereocenters. The highest BCUT2D eigenvalue weighted by atomic mass is 35.5. The summed E-state index contributed by atoms with van der Waals surface area (Å²) in [6.45, 7) is 1.67. The highest BCUT2D eigenvalue weighted by Crippen LogP contribution is 2.16. The van der Waals surface area contributed by atoms with Crippen molar-refractivity contribution in [1.29, 1.82) is 0 Å². The van der Waals surface area contributed by atoms with Gasteiger partial charge in [0.2, 0.25) is 5.91 Å². The van der Waals surface area contributed by atoms with Gasteiger partial charge >= 0.3 is 0 Å². The standard InChI is InChI=1S/C10H13ClN4O2/c1-5(2-9(13)16)15-10(17)6-3-8(12)14-4-7(6)11/h3-5H,2H2,1H3,(H2,12,14)(H2,13,16)(H,15,17). The number of amides is 2. The number of carbonyl (C=O) groups excluding carboxylic acids is 2. The number of carbonyl (C=O) groups is 2. The predicted molar refractivity (Wildman–Crippen MR) is 64.4 cm³/mol. The van der Waals surface area contributed by atoms with Gasteiger partial charge in [0.25, 0.3) is 5.91 Å². The van der Waals surface area contributed by atoms with E-state index in [-0.39, 0.29) is 28.9 Å². The molecule has 0 aliphatic heterocycles. The molecule has 5 N–H and O–H groups in total. The number of nitrogens with one attached hydrogen (secondary N) is 1. The third-order valence-electron chi connectivity index (χ3n) is 2.01. The fourth-order valence-electron chi connectivity index (χ4n) is 1.28. The second kappa shape index (κ2) is 5.49. The summed E-state index contributed by atoms with van der Waals surface area (Å²) in [5.41, 5.74) is 10.7. The fraction of sp³-hybridized carbons (Fsp3) is 0.300. The van der Waals surface area contributed by atoms with Crippen LogP contribution in [0.25, 0.3) is 0 Å². The molecule has 0 bridgehead atoms. The summed E-state index contributed by atoms with van der Waals surface area (Å²) < 4.78 is 0. The molecule has 0 aliphatic carbocycles. The Kier molecular flexibility index (Phi) is 4.28. The van der Waals surface area contributed by atoms with Gasteiger partial charge in [0.1, 0.15) is 5.82 Å². The predicted octanol–water partition coefficient (Wildman–Crippen LogP) is 0.311. The minimum Gasteiger partial charge on any atom is -0.384 e. The molecule has 0 spiro atoms. The van der Waals surface area contributed by atoms with Crippen molar-refractivity contribution in [2.45, 2.75) is 19.4 Å². The smallest absolute Gasteiger partial charge is 0.253 e. The molecule has 7 heteroatoms. The molecule has 1 aromatic heterocycles. The van der Waals surface area contributed by atoms with E-state index < -0.39 is 11.8 Å². The first kappa shape index (κ1) is 13.2. The van der Waals surface area contributed by atoms with Gasteiger partial charge in [-0.25, -0.2) is 4.98 Å². The third-order valence-corrected chi connectivity index (χ3v) is 2.31. The number of aromatic nitrogens is 1. The first-order valence-corrected chi connectivity index (χ1v) is 5.28. The van der Waals surface area contributed by atoms with Gasteiger partial charge in [0.05, 0.1) is 10.6 Å². The zero-order chi connectivity index (χ0) is 13.0. The lowest BCUT2D eigenvalue weighted by atomic mass is 10.2. The van der Waals surface area contributed by atoms with E-state index in [1.54, 1.807) is 6.92 Å². The Morgan fingerprint density at radius 1 is 1.59 bits per heavy atom. The van der Waals surface area contributed by atoms with Crippen molar-refractivity contribution in [2.75, 3.05) is 5.73 Å². The van der Waals surface area contributed by atoms with Crippen molar-refractivity contribution in [1.82, 2.24) is 10.3 Å². The largest absolute Gasteiger partial charge is 0.384 e. The number of rotatable bonds is 4. The van der Waals surface area contributed by atoms with Crippen molar-refractivity contribution < 1.29 is 9.59 Å². The van der Waals surface area contributed by atoms with E-state index in [1.807, 2.05) is 0 Å². The van der Waals surface area contributed by atoms with Crippen molar-refractivity contribution in [3.63, 3.8) is 0 Å². The molecule has 0 aliphatic rings. The summed E-state index contributed by atoms with van der Waals surface area (Å²) in [6, 6.07) is 1.000. The Bertz CT molecular complexity index is 450. The van der Waals surface area contributed by atoms with Crippen LogP contribution in [0.1, 0.15) is 23.7 Å². The minimum atomic E-state index is -0.488. The number of primary amides is 1. The third kappa shape index (κ3) is 3.92.